The molecule has 15 heavy (non-hydrogen) atoms. The standard InChI is InChI=1S/C14H21N/c1-2-6-12-9-14(10-12,11-15)13-7-4-3-5-8-13/h3-5,7-8,12H,2,6,9-11,15H2,1H3. The molecule has 0 heterocycles. The molecule has 82 valence electrons. The van der Waals surface area contributed by atoms with Crippen molar-refractivity contribution < 1.29 is 0 Å². The molecule has 1 aromatic rings. The van der Waals surface area contributed by atoms with Crippen molar-refractivity contribution in [2.45, 2.75) is 38.0 Å². The Morgan fingerprint density at radius 3 is 2.47 bits per heavy atom. The predicted molar refractivity (Wildman–Crippen MR) is 64.8 cm³/mol. The van der Waals surface area contributed by atoms with Gasteiger partial charge in [-0.25, -0.2) is 0 Å². The van der Waals surface area contributed by atoms with Gasteiger partial charge in [-0.2, -0.15) is 0 Å². The maximum atomic E-state index is 5.96. The minimum absolute atomic E-state index is 0.307. The van der Waals surface area contributed by atoms with Crippen molar-refractivity contribution in [2.24, 2.45) is 11.7 Å². The molecule has 2 rings (SSSR count). The predicted octanol–water partition coefficient (Wildman–Crippen LogP) is 3.09. The van der Waals surface area contributed by atoms with Gasteiger partial charge < -0.3 is 5.73 Å². The molecule has 1 aliphatic carbocycles. The Morgan fingerprint density at radius 2 is 1.93 bits per heavy atom. The van der Waals surface area contributed by atoms with E-state index in [9.17, 15) is 0 Å². The summed E-state index contributed by atoms with van der Waals surface area (Å²) in [6, 6.07) is 10.8. The Kier molecular flexibility index (Phi) is 3.11. The molecule has 1 heteroatoms. The van der Waals surface area contributed by atoms with Crippen molar-refractivity contribution in [1.29, 1.82) is 0 Å². The zero-order valence-electron chi connectivity index (χ0n) is 9.58. The van der Waals surface area contributed by atoms with Crippen molar-refractivity contribution in [2.75, 3.05) is 6.54 Å². The second-order valence-corrected chi connectivity index (χ2v) is 4.91. The van der Waals surface area contributed by atoms with Crippen molar-refractivity contribution in [1.82, 2.24) is 0 Å². The first-order chi connectivity index (χ1) is 7.30. The maximum absolute atomic E-state index is 5.96. The number of benzene rings is 1. The minimum atomic E-state index is 0.307. The largest absolute Gasteiger partial charge is 0.330 e. The summed E-state index contributed by atoms with van der Waals surface area (Å²) in [4.78, 5) is 0. The summed E-state index contributed by atoms with van der Waals surface area (Å²) in [6.07, 6.45) is 5.26. The monoisotopic (exact) mass is 203 g/mol. The normalized spacial score (nSPS) is 29.9. The van der Waals surface area contributed by atoms with Crippen LogP contribution in [0.1, 0.15) is 38.2 Å². The third kappa shape index (κ3) is 1.93. The number of hydrogen-bond donors (Lipinski definition) is 1. The summed E-state index contributed by atoms with van der Waals surface area (Å²) >= 11 is 0. The van der Waals surface area contributed by atoms with E-state index >= 15 is 0 Å². The number of nitrogens with two attached hydrogens (primary N) is 1. The van der Waals surface area contributed by atoms with Gasteiger partial charge in [0.2, 0.25) is 0 Å². The summed E-state index contributed by atoms with van der Waals surface area (Å²) in [5.41, 5.74) is 7.71. The van der Waals surface area contributed by atoms with E-state index in [2.05, 4.69) is 37.3 Å². The van der Waals surface area contributed by atoms with Crippen molar-refractivity contribution in [3.63, 3.8) is 0 Å². The smallest absolute Gasteiger partial charge is 0.00808 e. The van der Waals surface area contributed by atoms with Crippen LogP contribution in [0.5, 0.6) is 0 Å². The van der Waals surface area contributed by atoms with Gasteiger partial charge >= 0.3 is 0 Å². The fourth-order valence-electron chi connectivity index (χ4n) is 2.97. The summed E-state index contributed by atoms with van der Waals surface area (Å²) in [7, 11) is 0. The van der Waals surface area contributed by atoms with Crippen LogP contribution in [0.15, 0.2) is 30.3 Å². The van der Waals surface area contributed by atoms with Gasteiger partial charge in [0.25, 0.3) is 0 Å². The van der Waals surface area contributed by atoms with E-state index in [-0.39, 0.29) is 0 Å². The average molecular weight is 203 g/mol. The van der Waals surface area contributed by atoms with Crippen molar-refractivity contribution in [3.05, 3.63) is 35.9 Å². The molecule has 0 amide bonds. The Bertz CT molecular complexity index is 298. The lowest BCUT2D eigenvalue weighted by Gasteiger charge is -2.48. The second kappa shape index (κ2) is 4.36. The highest BCUT2D eigenvalue weighted by Crippen LogP contribution is 2.48. The summed E-state index contributed by atoms with van der Waals surface area (Å²) in [5, 5.41) is 0. The topological polar surface area (TPSA) is 26.0 Å². The second-order valence-electron chi connectivity index (χ2n) is 4.91. The van der Waals surface area contributed by atoms with Crippen LogP contribution < -0.4 is 5.73 Å². The van der Waals surface area contributed by atoms with Gasteiger partial charge in [-0.05, 0) is 24.3 Å². The Labute approximate surface area is 92.7 Å². The highest BCUT2D eigenvalue weighted by atomic mass is 14.6. The minimum Gasteiger partial charge on any atom is -0.330 e. The van der Waals surface area contributed by atoms with Gasteiger partial charge in [-0.1, -0.05) is 50.1 Å². The zero-order valence-corrected chi connectivity index (χ0v) is 9.58. The van der Waals surface area contributed by atoms with Gasteiger partial charge in [-0.15, -0.1) is 0 Å². The highest BCUT2D eigenvalue weighted by Gasteiger charge is 2.43. The zero-order chi connectivity index (χ0) is 10.7. The van der Waals surface area contributed by atoms with E-state index in [1.807, 2.05) is 0 Å². The fourth-order valence-corrected chi connectivity index (χ4v) is 2.97. The van der Waals surface area contributed by atoms with Gasteiger partial charge in [0, 0.05) is 12.0 Å². The van der Waals surface area contributed by atoms with E-state index in [1.165, 1.54) is 31.2 Å². The van der Waals surface area contributed by atoms with E-state index in [0.29, 0.717) is 5.41 Å². The van der Waals surface area contributed by atoms with Crippen LogP contribution in [0.25, 0.3) is 0 Å². The third-order valence-electron chi connectivity index (χ3n) is 3.83. The molecule has 0 saturated heterocycles. The first-order valence-electron chi connectivity index (χ1n) is 6.06. The molecule has 0 aromatic heterocycles. The quantitative estimate of drug-likeness (QED) is 0.799. The van der Waals surface area contributed by atoms with E-state index in [4.69, 9.17) is 5.73 Å². The van der Waals surface area contributed by atoms with Crippen LogP contribution >= 0.6 is 0 Å². The van der Waals surface area contributed by atoms with Crippen molar-refractivity contribution in [3.8, 4) is 0 Å². The molecule has 0 atom stereocenters. The van der Waals surface area contributed by atoms with Gasteiger partial charge in [0.15, 0.2) is 0 Å². The molecule has 0 unspecified atom stereocenters. The number of rotatable bonds is 4. The van der Waals surface area contributed by atoms with Crippen LogP contribution in [-0.4, -0.2) is 6.54 Å². The van der Waals surface area contributed by atoms with Gasteiger partial charge in [-0.3, -0.25) is 0 Å². The SMILES string of the molecule is CCCC1CC(CN)(c2ccccc2)C1. The summed E-state index contributed by atoms with van der Waals surface area (Å²) in [6.45, 7) is 3.07. The molecule has 0 bridgehead atoms. The molecule has 0 radical (unpaired) electrons. The molecular formula is C14H21N. The number of hydrogen-bond acceptors (Lipinski definition) is 1. The van der Waals surface area contributed by atoms with E-state index < -0.39 is 0 Å². The Hall–Kier alpha value is -0.820. The first-order valence-corrected chi connectivity index (χ1v) is 6.06. The molecule has 1 aromatic carbocycles. The molecule has 0 aliphatic heterocycles. The molecule has 0 spiro atoms. The molecule has 1 nitrogen and oxygen atoms in total. The van der Waals surface area contributed by atoms with E-state index in [1.54, 1.807) is 0 Å². The van der Waals surface area contributed by atoms with Crippen LogP contribution in [0.4, 0.5) is 0 Å². The molecule has 1 fully saturated rings. The lowest BCUT2D eigenvalue weighted by atomic mass is 9.57. The van der Waals surface area contributed by atoms with E-state index in [0.717, 1.165) is 12.5 Å². The highest BCUT2D eigenvalue weighted by molar-refractivity contribution is 5.29. The third-order valence-corrected chi connectivity index (χ3v) is 3.83. The average Bonchev–Trinajstić information content (AvgIpc) is 2.24. The lowest BCUT2D eigenvalue weighted by molar-refractivity contribution is 0.139. The van der Waals surface area contributed by atoms with Crippen LogP contribution in [0.2, 0.25) is 0 Å². The molecule has 2 N–H and O–H groups in total. The van der Waals surface area contributed by atoms with Crippen molar-refractivity contribution >= 4 is 0 Å². The Morgan fingerprint density at radius 1 is 1.27 bits per heavy atom. The Balaban J connectivity index is 2.07. The van der Waals surface area contributed by atoms with Crippen LogP contribution in [0, 0.1) is 5.92 Å². The van der Waals surface area contributed by atoms with Crippen LogP contribution in [0.3, 0.4) is 0 Å². The summed E-state index contributed by atoms with van der Waals surface area (Å²) in [5.74, 6) is 0.916. The van der Waals surface area contributed by atoms with Gasteiger partial charge in [0.05, 0.1) is 0 Å². The first kappa shape index (κ1) is 10.7. The lowest BCUT2D eigenvalue weighted by Crippen LogP contribution is -2.47. The maximum Gasteiger partial charge on any atom is 0.00808 e. The molecular weight excluding hydrogens is 182 g/mol. The van der Waals surface area contributed by atoms with Crippen LogP contribution in [-0.2, 0) is 5.41 Å². The summed E-state index contributed by atoms with van der Waals surface area (Å²) < 4.78 is 0. The molecule has 1 saturated carbocycles. The molecule has 1 aliphatic rings. The fraction of sp³-hybridized carbons (Fsp3) is 0.571. The van der Waals surface area contributed by atoms with Gasteiger partial charge in [0.1, 0.15) is 0 Å².